The fourth-order valence-corrected chi connectivity index (χ4v) is 3.64. The van der Waals surface area contributed by atoms with E-state index in [1.807, 2.05) is 0 Å². The van der Waals surface area contributed by atoms with Gasteiger partial charge in [0.05, 0.1) is 0 Å². The quantitative estimate of drug-likeness (QED) is 0.833. The number of rotatable bonds is 1. The van der Waals surface area contributed by atoms with Gasteiger partial charge >= 0.3 is 0 Å². The van der Waals surface area contributed by atoms with Gasteiger partial charge in [-0.2, -0.15) is 0 Å². The van der Waals surface area contributed by atoms with Gasteiger partial charge in [0.2, 0.25) is 0 Å². The molecule has 0 amide bonds. The third kappa shape index (κ3) is 2.20. The van der Waals surface area contributed by atoms with Crippen molar-refractivity contribution in [2.75, 3.05) is 13.1 Å². The van der Waals surface area contributed by atoms with E-state index in [9.17, 15) is 0 Å². The van der Waals surface area contributed by atoms with Crippen LogP contribution in [0.4, 0.5) is 0 Å². The molecule has 1 aliphatic rings. The molecule has 1 nitrogen and oxygen atoms in total. The summed E-state index contributed by atoms with van der Waals surface area (Å²) >= 11 is 7.25. The fourth-order valence-electron chi connectivity index (χ4n) is 2.00. The summed E-state index contributed by atoms with van der Waals surface area (Å²) in [5, 5.41) is 3.45. The largest absolute Gasteiger partial charge is 0.316 e. The molecule has 0 radical (unpaired) electrons. The van der Waals surface area contributed by atoms with Crippen molar-refractivity contribution in [2.45, 2.75) is 18.8 Å². The van der Waals surface area contributed by atoms with Crippen molar-refractivity contribution in [3.8, 4) is 0 Å². The monoisotopic (exact) mass is 317 g/mol. The van der Waals surface area contributed by atoms with Crippen LogP contribution in [0.1, 0.15) is 24.3 Å². The summed E-state index contributed by atoms with van der Waals surface area (Å²) in [6.07, 6.45) is 2.56. The Morgan fingerprint density at radius 3 is 2.50 bits per heavy atom. The molecule has 1 aliphatic heterocycles. The normalized spacial score (nSPS) is 22.3. The van der Waals surface area contributed by atoms with Crippen LogP contribution in [0.3, 0.4) is 0 Å². The smallest absolute Gasteiger partial charge is 0.0221 e. The van der Waals surface area contributed by atoms with E-state index in [-0.39, 0.29) is 0 Å². The zero-order valence-corrected chi connectivity index (χ0v) is 11.1. The van der Waals surface area contributed by atoms with Gasteiger partial charge in [0, 0.05) is 15.5 Å². The highest BCUT2D eigenvalue weighted by atomic mass is 79.9. The molecule has 76 valence electrons. The molecule has 0 unspecified atom stereocenters. The van der Waals surface area contributed by atoms with E-state index in [1.165, 1.54) is 33.9 Å². The Hall–Kier alpha value is 0.140. The lowest BCUT2D eigenvalue weighted by Gasteiger charge is -2.25. The van der Waals surface area contributed by atoms with Crippen LogP contribution in [0.2, 0.25) is 0 Å². The number of benzene rings is 1. The van der Waals surface area contributed by atoms with Crippen molar-refractivity contribution >= 4 is 31.9 Å². The molecule has 0 bridgehead atoms. The summed E-state index contributed by atoms with van der Waals surface area (Å²) in [7, 11) is 0. The van der Waals surface area contributed by atoms with Crippen molar-refractivity contribution in [3.63, 3.8) is 0 Å². The molecule has 2 rings (SSSR count). The molecule has 14 heavy (non-hydrogen) atoms. The number of hydrogen-bond acceptors (Lipinski definition) is 1. The molecule has 1 saturated heterocycles. The highest BCUT2D eigenvalue weighted by molar-refractivity contribution is 9.11. The first kappa shape index (κ1) is 10.7. The number of piperidine rings is 1. The highest BCUT2D eigenvalue weighted by Gasteiger charge is 2.19. The molecule has 1 atom stereocenters. The van der Waals surface area contributed by atoms with E-state index in [4.69, 9.17) is 0 Å². The lowest BCUT2D eigenvalue weighted by atomic mass is 9.92. The Kier molecular flexibility index (Phi) is 3.63. The maximum atomic E-state index is 3.62. The molecule has 0 spiro atoms. The molecule has 1 N–H and O–H groups in total. The fraction of sp³-hybridized carbons (Fsp3) is 0.455. The van der Waals surface area contributed by atoms with Crippen LogP contribution in [-0.4, -0.2) is 13.1 Å². The Labute approximate surface area is 102 Å². The SMILES string of the molecule is Brc1cccc(Br)c1[C@H]1CCCNC1. The Morgan fingerprint density at radius 1 is 1.21 bits per heavy atom. The predicted molar refractivity (Wildman–Crippen MR) is 66.7 cm³/mol. The lowest BCUT2D eigenvalue weighted by Crippen LogP contribution is -2.28. The van der Waals surface area contributed by atoms with E-state index >= 15 is 0 Å². The zero-order chi connectivity index (χ0) is 9.97. The van der Waals surface area contributed by atoms with E-state index in [1.54, 1.807) is 0 Å². The molecular formula is C11H13Br2N. The lowest BCUT2D eigenvalue weighted by molar-refractivity contribution is 0.459. The van der Waals surface area contributed by atoms with Gasteiger partial charge in [-0.1, -0.05) is 37.9 Å². The Bertz CT molecular complexity index is 299. The summed E-state index contributed by atoms with van der Waals surface area (Å²) in [6, 6.07) is 6.30. The van der Waals surface area contributed by atoms with Crippen LogP contribution in [0.25, 0.3) is 0 Å². The van der Waals surface area contributed by atoms with E-state index in [2.05, 4.69) is 55.4 Å². The second-order valence-electron chi connectivity index (χ2n) is 3.68. The van der Waals surface area contributed by atoms with Gasteiger partial charge in [-0.25, -0.2) is 0 Å². The van der Waals surface area contributed by atoms with E-state index in [0.717, 1.165) is 6.54 Å². The third-order valence-corrected chi connectivity index (χ3v) is 4.09. The van der Waals surface area contributed by atoms with Crippen molar-refractivity contribution in [1.29, 1.82) is 0 Å². The van der Waals surface area contributed by atoms with Crippen LogP contribution in [-0.2, 0) is 0 Å². The first-order valence-corrected chi connectivity index (χ1v) is 6.52. The maximum Gasteiger partial charge on any atom is 0.0221 e. The third-order valence-electron chi connectivity index (χ3n) is 2.70. The van der Waals surface area contributed by atoms with Crippen LogP contribution in [0.5, 0.6) is 0 Å². The molecule has 1 aromatic rings. The summed E-state index contributed by atoms with van der Waals surface area (Å²) < 4.78 is 2.45. The Morgan fingerprint density at radius 2 is 1.93 bits per heavy atom. The van der Waals surface area contributed by atoms with Crippen LogP contribution < -0.4 is 5.32 Å². The minimum atomic E-state index is 0.647. The molecule has 0 aliphatic carbocycles. The molecule has 3 heteroatoms. The van der Waals surface area contributed by atoms with E-state index in [0.29, 0.717) is 5.92 Å². The maximum absolute atomic E-state index is 3.62. The van der Waals surface area contributed by atoms with Crippen molar-refractivity contribution in [3.05, 3.63) is 32.7 Å². The second kappa shape index (κ2) is 4.77. The van der Waals surface area contributed by atoms with Gasteiger partial charge in [-0.05, 0) is 43.0 Å². The zero-order valence-electron chi connectivity index (χ0n) is 7.89. The molecule has 0 saturated carbocycles. The second-order valence-corrected chi connectivity index (χ2v) is 5.39. The van der Waals surface area contributed by atoms with Crippen LogP contribution in [0.15, 0.2) is 27.1 Å². The van der Waals surface area contributed by atoms with Crippen molar-refractivity contribution in [1.82, 2.24) is 5.32 Å². The van der Waals surface area contributed by atoms with Crippen LogP contribution in [0, 0.1) is 0 Å². The minimum absolute atomic E-state index is 0.647. The summed E-state index contributed by atoms with van der Waals surface area (Å²) in [5.74, 6) is 0.647. The van der Waals surface area contributed by atoms with Crippen molar-refractivity contribution < 1.29 is 0 Å². The molecular weight excluding hydrogens is 306 g/mol. The number of nitrogens with one attached hydrogen (secondary N) is 1. The minimum Gasteiger partial charge on any atom is -0.316 e. The average molecular weight is 319 g/mol. The first-order valence-electron chi connectivity index (χ1n) is 4.93. The van der Waals surface area contributed by atoms with Gasteiger partial charge in [0.15, 0.2) is 0 Å². The van der Waals surface area contributed by atoms with Gasteiger partial charge < -0.3 is 5.32 Å². The van der Waals surface area contributed by atoms with Gasteiger partial charge in [-0.3, -0.25) is 0 Å². The molecule has 1 fully saturated rings. The molecule has 1 aromatic carbocycles. The summed E-state index contributed by atoms with van der Waals surface area (Å²) in [4.78, 5) is 0. The van der Waals surface area contributed by atoms with E-state index < -0.39 is 0 Å². The standard InChI is InChI=1S/C11H13Br2N/c12-9-4-1-5-10(13)11(9)8-3-2-6-14-7-8/h1,4-5,8,14H,2-3,6-7H2/t8-/m0/s1. The predicted octanol–water partition coefficient (Wildman–Crippen LogP) is 3.68. The van der Waals surface area contributed by atoms with Gasteiger partial charge in [0.25, 0.3) is 0 Å². The number of halogens is 2. The topological polar surface area (TPSA) is 12.0 Å². The molecule has 1 heterocycles. The first-order chi connectivity index (χ1) is 6.79. The highest BCUT2D eigenvalue weighted by Crippen LogP contribution is 2.35. The number of hydrogen-bond donors (Lipinski definition) is 1. The summed E-state index contributed by atoms with van der Waals surface area (Å²) in [6.45, 7) is 2.26. The summed E-state index contributed by atoms with van der Waals surface area (Å²) in [5.41, 5.74) is 1.42. The van der Waals surface area contributed by atoms with Gasteiger partial charge in [-0.15, -0.1) is 0 Å². The van der Waals surface area contributed by atoms with Crippen molar-refractivity contribution in [2.24, 2.45) is 0 Å². The molecule has 0 aromatic heterocycles. The Balaban J connectivity index is 2.29. The average Bonchev–Trinajstić information content (AvgIpc) is 2.19. The van der Waals surface area contributed by atoms with Gasteiger partial charge in [0.1, 0.15) is 0 Å². The van der Waals surface area contributed by atoms with Crippen LogP contribution >= 0.6 is 31.9 Å².